The fourth-order valence-electron chi connectivity index (χ4n) is 0.294. The maximum Gasteiger partial charge on any atom is 0.258 e. The summed E-state index contributed by atoms with van der Waals surface area (Å²) in [5, 5.41) is 2.40. The maximum atomic E-state index is 10.2. The van der Waals surface area contributed by atoms with Crippen LogP contribution in [0, 0.1) is 0 Å². The zero-order valence-electron chi connectivity index (χ0n) is 3.37. The van der Waals surface area contributed by atoms with Gasteiger partial charge in [-0.05, 0) is 0 Å². The highest BCUT2D eigenvalue weighted by molar-refractivity contribution is 6.60. The third-order valence-corrected chi connectivity index (χ3v) is 1.41. The van der Waals surface area contributed by atoms with E-state index in [0.717, 1.165) is 0 Å². The van der Waals surface area contributed by atoms with E-state index >= 15 is 0 Å². The second kappa shape index (κ2) is 1.26. The second-order valence-corrected chi connectivity index (χ2v) is 2.87. The molecule has 1 heterocycles. The number of amides is 1. The Morgan fingerprint density at radius 1 is 1.71 bits per heavy atom. The van der Waals surface area contributed by atoms with E-state index in [1.54, 1.807) is 0 Å². The Hall–Kier alpha value is 0.0500. The minimum absolute atomic E-state index is 0.296. The van der Waals surface area contributed by atoms with Gasteiger partial charge in [0.05, 0.1) is 6.54 Å². The smallest absolute Gasteiger partial charge is 0.258 e. The molecular weight excluding hydrogens is 137 g/mol. The molecule has 0 unspecified atom stereocenters. The first-order valence-electron chi connectivity index (χ1n) is 1.79. The van der Waals surface area contributed by atoms with E-state index in [2.05, 4.69) is 5.32 Å². The fourth-order valence-corrected chi connectivity index (χ4v) is 0.561. The normalized spacial score (nSPS) is 25.7. The summed E-state index contributed by atoms with van der Waals surface area (Å²) in [6, 6.07) is 0. The minimum Gasteiger partial charge on any atom is -0.350 e. The van der Waals surface area contributed by atoms with E-state index in [1.165, 1.54) is 0 Å². The van der Waals surface area contributed by atoms with E-state index in [1.807, 2.05) is 0 Å². The van der Waals surface area contributed by atoms with Crippen LogP contribution in [-0.4, -0.2) is 16.8 Å². The molecule has 2 nitrogen and oxygen atoms in total. The Labute approximate surface area is 50.8 Å². The zero-order chi connectivity index (χ0) is 5.49. The number of rotatable bonds is 0. The number of hydrogen-bond donors (Lipinski definition) is 1. The van der Waals surface area contributed by atoms with Gasteiger partial charge in [0, 0.05) is 0 Å². The lowest BCUT2D eigenvalue weighted by Gasteiger charge is -2.27. The molecule has 1 aliphatic heterocycles. The van der Waals surface area contributed by atoms with Gasteiger partial charge in [0.25, 0.3) is 5.91 Å². The molecule has 0 aliphatic carbocycles. The van der Waals surface area contributed by atoms with Gasteiger partial charge in [-0.2, -0.15) is 0 Å². The van der Waals surface area contributed by atoms with Crippen LogP contribution in [0.1, 0.15) is 0 Å². The molecule has 1 saturated heterocycles. The summed E-state index contributed by atoms with van der Waals surface area (Å²) in [6.07, 6.45) is 0. The zero-order valence-corrected chi connectivity index (χ0v) is 4.88. The standard InChI is InChI=1S/C3H3Cl2NO/c4-3(5)1-6-2(3)7/h1H2,(H,6,7). The molecule has 0 atom stereocenters. The van der Waals surface area contributed by atoms with Crippen molar-refractivity contribution in [3.05, 3.63) is 0 Å². The summed E-state index contributed by atoms with van der Waals surface area (Å²) < 4.78 is -1.12. The lowest BCUT2D eigenvalue weighted by atomic mass is 10.2. The van der Waals surface area contributed by atoms with Gasteiger partial charge in [-0.15, -0.1) is 0 Å². The van der Waals surface area contributed by atoms with Gasteiger partial charge in [-0.1, -0.05) is 23.2 Å². The highest BCUT2D eigenvalue weighted by Gasteiger charge is 2.42. The van der Waals surface area contributed by atoms with Crippen molar-refractivity contribution in [3.8, 4) is 0 Å². The minimum atomic E-state index is -1.12. The second-order valence-electron chi connectivity index (χ2n) is 1.39. The number of halogens is 2. The molecular formula is C3H3Cl2NO. The Morgan fingerprint density at radius 3 is 2.14 bits per heavy atom. The molecule has 0 spiro atoms. The van der Waals surface area contributed by atoms with Gasteiger partial charge < -0.3 is 5.32 Å². The lowest BCUT2D eigenvalue weighted by molar-refractivity contribution is -0.126. The fraction of sp³-hybridized carbons (Fsp3) is 0.667. The molecule has 0 aromatic rings. The van der Waals surface area contributed by atoms with Gasteiger partial charge in [-0.3, -0.25) is 4.79 Å². The van der Waals surface area contributed by atoms with Crippen LogP contribution in [-0.2, 0) is 4.79 Å². The SMILES string of the molecule is O=C1NCC1(Cl)Cl. The topological polar surface area (TPSA) is 29.1 Å². The van der Waals surface area contributed by atoms with Crippen LogP contribution < -0.4 is 5.32 Å². The largest absolute Gasteiger partial charge is 0.350 e. The van der Waals surface area contributed by atoms with Crippen molar-refractivity contribution in [2.45, 2.75) is 4.33 Å². The first kappa shape index (κ1) is 5.19. The van der Waals surface area contributed by atoms with Gasteiger partial charge in [-0.25, -0.2) is 0 Å². The predicted octanol–water partition coefficient (Wildman–Crippen LogP) is 0.290. The summed E-state index contributed by atoms with van der Waals surface area (Å²) in [5.41, 5.74) is 0. The summed E-state index contributed by atoms with van der Waals surface area (Å²) in [7, 11) is 0. The van der Waals surface area contributed by atoms with E-state index < -0.39 is 4.33 Å². The number of hydrogen-bond acceptors (Lipinski definition) is 1. The van der Waals surface area contributed by atoms with Gasteiger partial charge in [0.2, 0.25) is 4.33 Å². The summed E-state index contributed by atoms with van der Waals surface area (Å²) in [5.74, 6) is -0.296. The van der Waals surface area contributed by atoms with Crippen molar-refractivity contribution in [1.82, 2.24) is 5.32 Å². The van der Waals surface area contributed by atoms with Gasteiger partial charge in [0.1, 0.15) is 0 Å². The first-order valence-corrected chi connectivity index (χ1v) is 2.55. The molecule has 0 aromatic heterocycles. The molecule has 4 heteroatoms. The molecule has 1 N–H and O–H groups in total. The molecule has 1 rings (SSSR count). The van der Waals surface area contributed by atoms with Crippen LogP contribution in [0.4, 0.5) is 0 Å². The predicted molar refractivity (Wildman–Crippen MR) is 27.4 cm³/mol. The maximum absolute atomic E-state index is 10.2. The summed E-state index contributed by atoms with van der Waals surface area (Å²) >= 11 is 10.6. The number of alkyl halides is 2. The third kappa shape index (κ3) is 0.683. The lowest BCUT2D eigenvalue weighted by Crippen LogP contribution is -2.57. The van der Waals surface area contributed by atoms with Crippen molar-refractivity contribution in [3.63, 3.8) is 0 Å². The Kier molecular flexibility index (Phi) is 0.937. The van der Waals surface area contributed by atoms with Gasteiger partial charge in [0.15, 0.2) is 0 Å². The van der Waals surface area contributed by atoms with E-state index in [-0.39, 0.29) is 5.91 Å². The molecule has 0 saturated carbocycles. The Morgan fingerprint density at radius 2 is 2.14 bits per heavy atom. The van der Waals surface area contributed by atoms with Crippen molar-refractivity contribution in [1.29, 1.82) is 0 Å². The van der Waals surface area contributed by atoms with Crippen LogP contribution in [0.25, 0.3) is 0 Å². The van der Waals surface area contributed by atoms with Crippen molar-refractivity contribution < 1.29 is 4.79 Å². The van der Waals surface area contributed by atoms with Crippen molar-refractivity contribution >= 4 is 29.1 Å². The van der Waals surface area contributed by atoms with Crippen LogP contribution in [0.2, 0.25) is 0 Å². The van der Waals surface area contributed by atoms with Crippen LogP contribution in [0.5, 0.6) is 0 Å². The number of nitrogens with one attached hydrogen (secondary N) is 1. The molecule has 0 bridgehead atoms. The quantitative estimate of drug-likeness (QED) is 0.380. The van der Waals surface area contributed by atoms with Gasteiger partial charge >= 0.3 is 0 Å². The third-order valence-electron chi connectivity index (χ3n) is 0.803. The number of carbonyl (C=O) groups is 1. The van der Waals surface area contributed by atoms with Crippen LogP contribution in [0.3, 0.4) is 0 Å². The molecule has 40 valence electrons. The van der Waals surface area contributed by atoms with Crippen LogP contribution >= 0.6 is 23.2 Å². The van der Waals surface area contributed by atoms with Crippen molar-refractivity contribution in [2.24, 2.45) is 0 Å². The first-order chi connectivity index (χ1) is 3.13. The van der Waals surface area contributed by atoms with E-state index in [0.29, 0.717) is 6.54 Å². The number of carbonyl (C=O) groups excluding carboxylic acids is 1. The van der Waals surface area contributed by atoms with Crippen LogP contribution in [0.15, 0.2) is 0 Å². The average Bonchev–Trinajstić information content (AvgIpc) is 1.63. The summed E-state index contributed by atoms with van der Waals surface area (Å²) in [4.78, 5) is 10.2. The molecule has 1 amide bonds. The molecule has 1 fully saturated rings. The number of β-lactam (4-membered cyclic amide) rings is 1. The van der Waals surface area contributed by atoms with Crippen molar-refractivity contribution in [2.75, 3.05) is 6.54 Å². The van der Waals surface area contributed by atoms with E-state index in [4.69, 9.17) is 23.2 Å². The highest BCUT2D eigenvalue weighted by atomic mass is 35.5. The molecule has 7 heavy (non-hydrogen) atoms. The Bertz CT molecular complexity index is 112. The monoisotopic (exact) mass is 139 g/mol. The summed E-state index contributed by atoms with van der Waals surface area (Å²) in [6.45, 7) is 0.370. The average molecular weight is 140 g/mol. The Balaban J connectivity index is 2.59. The molecule has 0 radical (unpaired) electrons. The molecule has 0 aromatic carbocycles. The highest BCUT2D eigenvalue weighted by Crippen LogP contribution is 2.25. The van der Waals surface area contributed by atoms with E-state index in [9.17, 15) is 4.79 Å². The molecule has 1 aliphatic rings.